The SMILES string of the molecule is O=C1C(=O)N(CC[NH+]2CCOCC2)[C@@H](c2cccc(F)c2)C1=C(O)c1ccccc1. The molecule has 2 aromatic carbocycles. The van der Waals surface area contributed by atoms with Gasteiger partial charge < -0.3 is 19.6 Å². The molecule has 2 aromatic rings. The van der Waals surface area contributed by atoms with Crippen LogP contribution < -0.4 is 4.90 Å². The molecule has 1 atom stereocenters. The van der Waals surface area contributed by atoms with Crippen molar-refractivity contribution in [1.29, 1.82) is 0 Å². The Labute approximate surface area is 174 Å². The standard InChI is InChI=1S/C23H23FN2O4/c24-18-8-4-7-17(15-18)20-19(21(27)16-5-2-1-3-6-16)22(28)23(29)26(20)10-9-25-11-13-30-14-12-25/h1-8,15,20,27H,9-14H2/p+1/t20-/m0/s1. The molecule has 2 N–H and O–H groups in total. The summed E-state index contributed by atoms with van der Waals surface area (Å²) in [5, 5.41) is 10.9. The van der Waals surface area contributed by atoms with Gasteiger partial charge in [-0.1, -0.05) is 42.5 Å². The van der Waals surface area contributed by atoms with Crippen molar-refractivity contribution in [3.63, 3.8) is 0 Å². The van der Waals surface area contributed by atoms with Gasteiger partial charge in [0.05, 0.1) is 37.9 Å². The Kier molecular flexibility index (Phi) is 5.92. The summed E-state index contributed by atoms with van der Waals surface area (Å²) in [4.78, 5) is 28.6. The number of hydrogen-bond acceptors (Lipinski definition) is 4. The summed E-state index contributed by atoms with van der Waals surface area (Å²) in [5.74, 6) is -2.13. The molecule has 2 aliphatic heterocycles. The molecule has 30 heavy (non-hydrogen) atoms. The van der Waals surface area contributed by atoms with E-state index in [-0.39, 0.29) is 11.3 Å². The fraction of sp³-hybridized carbons (Fsp3) is 0.304. The number of hydrogen-bond donors (Lipinski definition) is 2. The van der Waals surface area contributed by atoms with Crippen LogP contribution >= 0.6 is 0 Å². The van der Waals surface area contributed by atoms with E-state index in [0.29, 0.717) is 37.4 Å². The first-order chi connectivity index (χ1) is 14.6. The van der Waals surface area contributed by atoms with Gasteiger partial charge in [-0.05, 0) is 17.7 Å². The molecule has 0 radical (unpaired) electrons. The van der Waals surface area contributed by atoms with E-state index in [1.54, 1.807) is 42.5 Å². The maximum Gasteiger partial charge on any atom is 0.295 e. The number of Topliss-reactive ketones (excluding diaryl/α,β-unsaturated/α-hetero) is 1. The van der Waals surface area contributed by atoms with Crippen LogP contribution in [-0.4, -0.2) is 61.1 Å². The highest BCUT2D eigenvalue weighted by Crippen LogP contribution is 2.39. The lowest BCUT2D eigenvalue weighted by Crippen LogP contribution is -3.14. The lowest BCUT2D eigenvalue weighted by molar-refractivity contribution is -0.907. The van der Waals surface area contributed by atoms with Crippen LogP contribution in [0.15, 0.2) is 60.2 Å². The number of benzene rings is 2. The van der Waals surface area contributed by atoms with Crippen molar-refractivity contribution in [3.8, 4) is 0 Å². The average molecular weight is 411 g/mol. The van der Waals surface area contributed by atoms with Crippen LogP contribution in [0, 0.1) is 5.82 Å². The van der Waals surface area contributed by atoms with E-state index >= 15 is 0 Å². The molecule has 156 valence electrons. The molecule has 2 heterocycles. The summed E-state index contributed by atoms with van der Waals surface area (Å²) in [6.07, 6.45) is 0. The Bertz CT molecular complexity index is 970. The number of ketones is 1. The predicted molar refractivity (Wildman–Crippen MR) is 108 cm³/mol. The summed E-state index contributed by atoms with van der Waals surface area (Å²) in [5.41, 5.74) is 0.896. The smallest absolute Gasteiger partial charge is 0.295 e. The minimum atomic E-state index is -0.832. The van der Waals surface area contributed by atoms with Crippen LogP contribution in [0.1, 0.15) is 17.2 Å². The summed E-state index contributed by atoms with van der Waals surface area (Å²) in [7, 11) is 0. The van der Waals surface area contributed by atoms with Gasteiger partial charge in [0.1, 0.15) is 24.7 Å². The third kappa shape index (κ3) is 3.99. The summed E-state index contributed by atoms with van der Waals surface area (Å²) >= 11 is 0. The number of aliphatic hydroxyl groups excluding tert-OH is 1. The van der Waals surface area contributed by atoms with Gasteiger partial charge >= 0.3 is 0 Å². The number of carbonyl (C=O) groups is 2. The highest BCUT2D eigenvalue weighted by atomic mass is 19.1. The van der Waals surface area contributed by atoms with E-state index in [1.165, 1.54) is 21.9 Å². The number of aliphatic hydroxyl groups is 1. The fourth-order valence-corrected chi connectivity index (χ4v) is 4.07. The van der Waals surface area contributed by atoms with Crippen molar-refractivity contribution < 1.29 is 28.7 Å². The van der Waals surface area contributed by atoms with Gasteiger partial charge in [-0.3, -0.25) is 9.59 Å². The second kappa shape index (κ2) is 8.77. The van der Waals surface area contributed by atoms with Gasteiger partial charge in [0, 0.05) is 5.56 Å². The average Bonchev–Trinajstić information content (AvgIpc) is 3.03. The molecule has 0 unspecified atom stereocenters. The summed E-state index contributed by atoms with van der Waals surface area (Å²) in [6, 6.07) is 13.6. The first-order valence-corrected chi connectivity index (χ1v) is 10.1. The molecular formula is C23H24FN2O4+. The highest BCUT2D eigenvalue weighted by Gasteiger charge is 2.46. The number of quaternary nitrogens is 1. The van der Waals surface area contributed by atoms with Gasteiger partial charge in [-0.25, -0.2) is 4.39 Å². The van der Waals surface area contributed by atoms with Crippen LogP contribution in [0.2, 0.25) is 0 Å². The first-order valence-electron chi connectivity index (χ1n) is 10.1. The maximum absolute atomic E-state index is 14.0. The zero-order valence-corrected chi connectivity index (χ0v) is 16.5. The number of halogens is 1. The van der Waals surface area contributed by atoms with Crippen molar-refractivity contribution in [3.05, 3.63) is 77.1 Å². The Morgan fingerprint density at radius 3 is 2.53 bits per heavy atom. The quantitative estimate of drug-likeness (QED) is 0.440. The van der Waals surface area contributed by atoms with Crippen LogP contribution in [0.25, 0.3) is 5.76 Å². The second-order valence-corrected chi connectivity index (χ2v) is 7.53. The molecule has 4 rings (SSSR count). The maximum atomic E-state index is 14.0. The van der Waals surface area contributed by atoms with Crippen LogP contribution in [0.3, 0.4) is 0 Å². The molecular weight excluding hydrogens is 387 g/mol. The molecule has 0 saturated carbocycles. The molecule has 2 fully saturated rings. The van der Waals surface area contributed by atoms with E-state index in [0.717, 1.165) is 13.1 Å². The van der Waals surface area contributed by atoms with E-state index in [1.807, 2.05) is 0 Å². The van der Waals surface area contributed by atoms with Gasteiger partial charge in [0.2, 0.25) is 0 Å². The van der Waals surface area contributed by atoms with E-state index in [4.69, 9.17) is 4.74 Å². The molecule has 2 aliphatic rings. The van der Waals surface area contributed by atoms with Crippen molar-refractivity contribution in [2.24, 2.45) is 0 Å². The van der Waals surface area contributed by atoms with E-state index in [2.05, 4.69) is 0 Å². The topological polar surface area (TPSA) is 71.3 Å². The third-order valence-corrected chi connectivity index (χ3v) is 5.66. The third-order valence-electron chi connectivity index (χ3n) is 5.66. The number of carbonyl (C=O) groups excluding carboxylic acids is 2. The lowest BCUT2D eigenvalue weighted by Gasteiger charge is -2.29. The number of nitrogens with zero attached hydrogens (tertiary/aromatic N) is 1. The van der Waals surface area contributed by atoms with Gasteiger partial charge in [-0.15, -0.1) is 0 Å². The van der Waals surface area contributed by atoms with Crippen LogP contribution in [0.5, 0.6) is 0 Å². The zero-order chi connectivity index (χ0) is 21.1. The number of ether oxygens (including phenoxy) is 1. The molecule has 1 amide bonds. The summed E-state index contributed by atoms with van der Waals surface area (Å²) < 4.78 is 19.4. The molecule has 0 aromatic heterocycles. The molecule has 7 heteroatoms. The first kappa shape index (κ1) is 20.3. The Balaban J connectivity index is 1.73. The number of likely N-dealkylation sites (tertiary alicyclic amines) is 1. The Hall–Kier alpha value is -3.03. The molecule has 0 spiro atoms. The van der Waals surface area contributed by atoms with Gasteiger partial charge in [-0.2, -0.15) is 0 Å². The molecule has 0 aliphatic carbocycles. The van der Waals surface area contributed by atoms with Crippen LogP contribution in [0.4, 0.5) is 4.39 Å². The fourth-order valence-electron chi connectivity index (χ4n) is 4.07. The monoisotopic (exact) mass is 411 g/mol. The Morgan fingerprint density at radius 1 is 1.10 bits per heavy atom. The number of morpholine rings is 1. The van der Waals surface area contributed by atoms with Gasteiger partial charge in [0.25, 0.3) is 11.7 Å². The van der Waals surface area contributed by atoms with E-state index < -0.39 is 23.5 Å². The molecule has 2 saturated heterocycles. The predicted octanol–water partition coefficient (Wildman–Crippen LogP) is 1.16. The normalized spacial score (nSPS) is 21.9. The summed E-state index contributed by atoms with van der Waals surface area (Å²) in [6.45, 7) is 3.96. The number of rotatable bonds is 5. The highest BCUT2D eigenvalue weighted by molar-refractivity contribution is 6.46. The van der Waals surface area contributed by atoms with Crippen LogP contribution in [-0.2, 0) is 14.3 Å². The van der Waals surface area contributed by atoms with Crippen molar-refractivity contribution in [2.45, 2.75) is 6.04 Å². The van der Waals surface area contributed by atoms with Crippen molar-refractivity contribution >= 4 is 17.4 Å². The number of nitrogens with one attached hydrogen (secondary N) is 1. The van der Waals surface area contributed by atoms with Crippen molar-refractivity contribution in [2.75, 3.05) is 39.4 Å². The minimum absolute atomic E-state index is 0.00576. The second-order valence-electron chi connectivity index (χ2n) is 7.53. The molecule has 0 bridgehead atoms. The Morgan fingerprint density at radius 2 is 1.83 bits per heavy atom. The molecule has 6 nitrogen and oxygen atoms in total. The minimum Gasteiger partial charge on any atom is -0.507 e. The zero-order valence-electron chi connectivity index (χ0n) is 16.5. The largest absolute Gasteiger partial charge is 0.507 e. The van der Waals surface area contributed by atoms with E-state index in [9.17, 15) is 19.1 Å². The van der Waals surface area contributed by atoms with Gasteiger partial charge in [0.15, 0.2) is 0 Å². The number of amides is 1. The van der Waals surface area contributed by atoms with Crippen molar-refractivity contribution in [1.82, 2.24) is 4.90 Å². The lowest BCUT2D eigenvalue weighted by atomic mass is 9.95.